The first-order valence-electron chi connectivity index (χ1n) is 9.43. The molecule has 4 nitrogen and oxygen atoms in total. The Morgan fingerprint density at radius 3 is 2.70 bits per heavy atom. The molecular weight excluding hydrogens is 343 g/mol. The third kappa shape index (κ3) is 3.97. The summed E-state index contributed by atoms with van der Waals surface area (Å²) in [7, 11) is 0. The van der Waals surface area contributed by atoms with Gasteiger partial charge in [-0.1, -0.05) is 18.2 Å². The number of halogens is 1. The number of benzene rings is 2. The van der Waals surface area contributed by atoms with Crippen LogP contribution in [0.15, 0.2) is 54.7 Å². The topological polar surface area (TPSA) is 45.3 Å². The molecule has 1 amide bonds. The molecule has 1 aromatic heterocycles. The van der Waals surface area contributed by atoms with E-state index in [1.807, 2.05) is 47.5 Å². The number of carbonyl (C=O) groups is 1. The van der Waals surface area contributed by atoms with Gasteiger partial charge in [-0.15, -0.1) is 0 Å². The molecule has 3 aromatic rings. The molecule has 0 unspecified atom stereocenters. The van der Waals surface area contributed by atoms with E-state index in [0.717, 1.165) is 42.6 Å². The highest BCUT2D eigenvalue weighted by molar-refractivity contribution is 5.84. The van der Waals surface area contributed by atoms with Gasteiger partial charge in [0.2, 0.25) is 5.91 Å². The van der Waals surface area contributed by atoms with E-state index in [1.54, 1.807) is 0 Å². The van der Waals surface area contributed by atoms with E-state index in [-0.39, 0.29) is 11.7 Å². The van der Waals surface area contributed by atoms with Crippen LogP contribution in [0.4, 0.5) is 4.39 Å². The largest absolute Gasteiger partial charge is 0.493 e. The number of para-hydroxylation sites is 1. The first kappa shape index (κ1) is 17.6. The normalized spacial score (nSPS) is 15.2. The molecule has 1 N–H and O–H groups in total. The first-order chi connectivity index (χ1) is 13.2. The van der Waals surface area contributed by atoms with Crippen LogP contribution in [0.3, 0.4) is 0 Å². The molecule has 0 saturated carbocycles. The third-order valence-corrected chi connectivity index (χ3v) is 5.29. The highest BCUT2D eigenvalue weighted by Crippen LogP contribution is 2.33. The van der Waals surface area contributed by atoms with Crippen molar-refractivity contribution in [1.29, 1.82) is 0 Å². The fourth-order valence-corrected chi connectivity index (χ4v) is 3.83. The Bertz CT molecular complexity index is 914. The maximum Gasteiger partial charge on any atom is 0.225 e. The summed E-state index contributed by atoms with van der Waals surface area (Å²) in [4.78, 5) is 17.5. The number of aromatic amines is 1. The van der Waals surface area contributed by atoms with Gasteiger partial charge in [-0.2, -0.15) is 0 Å². The van der Waals surface area contributed by atoms with Gasteiger partial charge in [0.05, 0.1) is 13.0 Å². The average molecular weight is 366 g/mol. The van der Waals surface area contributed by atoms with E-state index in [9.17, 15) is 9.18 Å². The van der Waals surface area contributed by atoms with Crippen LogP contribution in [0.5, 0.6) is 5.75 Å². The fourth-order valence-electron chi connectivity index (χ4n) is 3.83. The number of hydrogen-bond donors (Lipinski definition) is 1. The van der Waals surface area contributed by atoms with E-state index in [2.05, 4.69) is 4.98 Å². The molecule has 0 bridgehead atoms. The molecule has 0 radical (unpaired) electrons. The van der Waals surface area contributed by atoms with Crippen molar-refractivity contribution in [3.8, 4) is 5.75 Å². The Hall–Kier alpha value is -2.82. The molecule has 140 valence electrons. The van der Waals surface area contributed by atoms with Gasteiger partial charge in [0.1, 0.15) is 11.6 Å². The zero-order chi connectivity index (χ0) is 18.6. The van der Waals surface area contributed by atoms with Gasteiger partial charge in [0.15, 0.2) is 0 Å². The van der Waals surface area contributed by atoms with Crippen molar-refractivity contribution in [2.24, 2.45) is 0 Å². The molecule has 1 saturated heterocycles. The molecule has 1 fully saturated rings. The number of H-pyrrole nitrogens is 1. The van der Waals surface area contributed by atoms with Crippen LogP contribution in [0, 0.1) is 5.82 Å². The lowest BCUT2D eigenvalue weighted by Crippen LogP contribution is -2.38. The van der Waals surface area contributed by atoms with Gasteiger partial charge in [-0.25, -0.2) is 4.39 Å². The van der Waals surface area contributed by atoms with E-state index in [1.165, 1.54) is 17.7 Å². The molecule has 1 aliphatic heterocycles. The van der Waals surface area contributed by atoms with Crippen LogP contribution in [0.25, 0.3) is 10.9 Å². The number of hydrogen-bond acceptors (Lipinski definition) is 2. The number of amides is 1. The summed E-state index contributed by atoms with van der Waals surface area (Å²) in [5.74, 6) is 1.10. The minimum absolute atomic E-state index is 0.144. The smallest absolute Gasteiger partial charge is 0.225 e. The molecule has 0 aliphatic carbocycles. The second kappa shape index (κ2) is 7.82. The zero-order valence-corrected chi connectivity index (χ0v) is 15.2. The summed E-state index contributed by atoms with van der Waals surface area (Å²) < 4.78 is 19.0. The van der Waals surface area contributed by atoms with Crippen molar-refractivity contribution < 1.29 is 13.9 Å². The third-order valence-electron chi connectivity index (χ3n) is 5.29. The van der Waals surface area contributed by atoms with Crippen molar-refractivity contribution in [3.05, 3.63) is 66.1 Å². The van der Waals surface area contributed by atoms with Gasteiger partial charge >= 0.3 is 0 Å². The lowest BCUT2D eigenvalue weighted by atomic mass is 9.89. The second-order valence-electron chi connectivity index (χ2n) is 7.00. The minimum Gasteiger partial charge on any atom is -0.493 e. The van der Waals surface area contributed by atoms with Gasteiger partial charge in [0.25, 0.3) is 0 Å². The zero-order valence-electron chi connectivity index (χ0n) is 15.2. The monoisotopic (exact) mass is 366 g/mol. The number of piperidine rings is 1. The van der Waals surface area contributed by atoms with Gasteiger partial charge in [0, 0.05) is 30.2 Å². The minimum atomic E-state index is -0.228. The highest BCUT2D eigenvalue weighted by Gasteiger charge is 2.25. The molecule has 5 heteroatoms. The highest BCUT2D eigenvalue weighted by atomic mass is 19.1. The SMILES string of the molecule is O=C(CCOc1ccccc1)N1CCC(c2c[nH]c3cc(F)ccc23)CC1. The van der Waals surface area contributed by atoms with E-state index in [0.29, 0.717) is 18.9 Å². The number of nitrogens with zero attached hydrogens (tertiary/aromatic N) is 1. The lowest BCUT2D eigenvalue weighted by molar-refractivity contribution is -0.132. The second-order valence-corrected chi connectivity index (χ2v) is 7.00. The summed E-state index contributed by atoms with van der Waals surface area (Å²) in [5.41, 5.74) is 2.06. The molecule has 0 spiro atoms. The Balaban J connectivity index is 1.29. The van der Waals surface area contributed by atoms with Crippen LogP contribution in [-0.2, 0) is 4.79 Å². The average Bonchev–Trinajstić information content (AvgIpc) is 3.12. The molecule has 27 heavy (non-hydrogen) atoms. The summed E-state index contributed by atoms with van der Waals surface area (Å²) in [5, 5.41) is 1.08. The number of aromatic nitrogens is 1. The maximum atomic E-state index is 13.4. The number of fused-ring (bicyclic) bond motifs is 1. The van der Waals surface area contributed by atoms with Gasteiger partial charge < -0.3 is 14.6 Å². The van der Waals surface area contributed by atoms with Crippen LogP contribution < -0.4 is 4.74 Å². The summed E-state index contributed by atoms with van der Waals surface area (Å²) in [6.07, 6.45) is 4.23. The number of nitrogens with one attached hydrogen (secondary N) is 1. The number of likely N-dealkylation sites (tertiary alicyclic amines) is 1. The van der Waals surface area contributed by atoms with Crippen LogP contribution in [0.1, 0.15) is 30.7 Å². The van der Waals surface area contributed by atoms with Crippen molar-refractivity contribution in [2.75, 3.05) is 19.7 Å². The summed E-state index contributed by atoms with van der Waals surface area (Å²) in [6.45, 7) is 1.90. The molecule has 2 aromatic carbocycles. The van der Waals surface area contributed by atoms with Crippen molar-refractivity contribution in [2.45, 2.75) is 25.2 Å². The van der Waals surface area contributed by atoms with E-state index in [4.69, 9.17) is 4.74 Å². The predicted molar refractivity (Wildman–Crippen MR) is 103 cm³/mol. The Kier molecular flexibility index (Phi) is 5.10. The number of ether oxygens (including phenoxy) is 1. The van der Waals surface area contributed by atoms with Crippen LogP contribution in [-0.4, -0.2) is 35.5 Å². The predicted octanol–water partition coefficient (Wildman–Crippen LogP) is 4.48. The van der Waals surface area contributed by atoms with Gasteiger partial charge in [-0.05, 0) is 54.7 Å². The van der Waals surface area contributed by atoms with E-state index < -0.39 is 0 Å². The molecular formula is C22H23FN2O2. The quantitative estimate of drug-likeness (QED) is 0.723. The standard InChI is InChI=1S/C22H23FN2O2/c23-17-6-7-19-20(15-24-21(19)14-17)16-8-11-25(12-9-16)22(26)10-13-27-18-4-2-1-3-5-18/h1-7,14-16,24H,8-13H2. The van der Waals surface area contributed by atoms with Crippen LogP contribution in [0.2, 0.25) is 0 Å². The van der Waals surface area contributed by atoms with Crippen molar-refractivity contribution in [1.82, 2.24) is 9.88 Å². The lowest BCUT2D eigenvalue weighted by Gasteiger charge is -2.32. The van der Waals surface area contributed by atoms with Crippen molar-refractivity contribution >= 4 is 16.8 Å². The maximum absolute atomic E-state index is 13.4. The Labute approximate surface area is 157 Å². The number of carbonyl (C=O) groups excluding carboxylic acids is 1. The first-order valence-corrected chi connectivity index (χ1v) is 9.43. The van der Waals surface area contributed by atoms with Gasteiger partial charge in [-0.3, -0.25) is 4.79 Å². The fraction of sp³-hybridized carbons (Fsp3) is 0.318. The molecule has 4 rings (SSSR count). The van der Waals surface area contributed by atoms with Crippen molar-refractivity contribution in [3.63, 3.8) is 0 Å². The molecule has 1 aliphatic rings. The summed E-state index contributed by atoms with van der Waals surface area (Å²) in [6, 6.07) is 14.4. The summed E-state index contributed by atoms with van der Waals surface area (Å²) >= 11 is 0. The molecule has 2 heterocycles. The van der Waals surface area contributed by atoms with E-state index >= 15 is 0 Å². The number of rotatable bonds is 5. The molecule has 0 atom stereocenters. The Morgan fingerprint density at radius 1 is 1.15 bits per heavy atom. The van der Waals surface area contributed by atoms with Crippen LogP contribution >= 0.6 is 0 Å². The Morgan fingerprint density at radius 2 is 1.93 bits per heavy atom.